The third-order valence-electron chi connectivity index (χ3n) is 2.14. The number of nitriles is 1. The third-order valence-corrected chi connectivity index (χ3v) is 2.14. The van der Waals surface area contributed by atoms with Gasteiger partial charge in [-0.1, -0.05) is 6.92 Å². The molecule has 2 atom stereocenters. The molecule has 0 unspecified atom stereocenters. The first-order chi connectivity index (χ1) is 5.84. The summed E-state index contributed by atoms with van der Waals surface area (Å²) < 4.78 is 0. The highest BCUT2D eigenvalue weighted by Gasteiger charge is 2.40. The van der Waals surface area contributed by atoms with Crippen LogP contribution in [0.2, 0.25) is 0 Å². The molecule has 2 N–H and O–H groups in total. The van der Waals surface area contributed by atoms with E-state index in [4.69, 9.17) is 15.5 Å². The highest BCUT2D eigenvalue weighted by molar-refractivity contribution is 5.79. The smallest absolute Gasteiger partial charge is 0.324 e. The average molecular weight is 185 g/mol. The van der Waals surface area contributed by atoms with Crippen molar-refractivity contribution in [3.8, 4) is 6.07 Å². The zero-order valence-electron chi connectivity index (χ0n) is 7.44. The average Bonchev–Trinajstić information content (AvgIpc) is 2.01. The quantitative estimate of drug-likeness (QED) is 0.672. The molecule has 13 heavy (non-hydrogen) atoms. The number of nitrogens with zero attached hydrogens (tertiary/aromatic N) is 1. The van der Waals surface area contributed by atoms with Gasteiger partial charge in [-0.2, -0.15) is 5.26 Å². The molecule has 0 rings (SSSR count). The van der Waals surface area contributed by atoms with E-state index < -0.39 is 23.3 Å². The van der Waals surface area contributed by atoms with Crippen LogP contribution in [0, 0.1) is 22.7 Å². The van der Waals surface area contributed by atoms with E-state index in [1.165, 1.54) is 13.8 Å². The molecule has 0 bridgehead atoms. The minimum absolute atomic E-state index is 0.323. The van der Waals surface area contributed by atoms with Crippen LogP contribution in [0.4, 0.5) is 0 Å². The second-order valence-electron chi connectivity index (χ2n) is 3.12. The second-order valence-corrected chi connectivity index (χ2v) is 3.12. The summed E-state index contributed by atoms with van der Waals surface area (Å²) in [6, 6.07) is 1.62. The highest BCUT2D eigenvalue weighted by atomic mass is 16.4. The summed E-state index contributed by atoms with van der Waals surface area (Å²) in [4.78, 5) is 21.0. The molecule has 72 valence electrons. The molecule has 0 aromatic carbocycles. The van der Waals surface area contributed by atoms with Crippen molar-refractivity contribution in [2.75, 3.05) is 0 Å². The Morgan fingerprint density at radius 3 is 2.23 bits per heavy atom. The fourth-order valence-corrected chi connectivity index (χ4v) is 0.835. The zero-order valence-corrected chi connectivity index (χ0v) is 7.44. The molecule has 0 spiro atoms. The number of aliphatic carboxylic acids is 2. The molecule has 0 amide bonds. The lowest BCUT2D eigenvalue weighted by Crippen LogP contribution is -2.34. The van der Waals surface area contributed by atoms with E-state index in [0.29, 0.717) is 0 Å². The summed E-state index contributed by atoms with van der Waals surface area (Å²) in [5.74, 6) is -3.11. The van der Waals surface area contributed by atoms with E-state index in [1.54, 1.807) is 6.07 Å². The van der Waals surface area contributed by atoms with Gasteiger partial charge in [-0.3, -0.25) is 9.59 Å². The van der Waals surface area contributed by atoms with Gasteiger partial charge in [0.15, 0.2) is 5.41 Å². The van der Waals surface area contributed by atoms with Crippen LogP contribution in [0.5, 0.6) is 0 Å². The molecular weight excluding hydrogens is 174 g/mol. The summed E-state index contributed by atoms with van der Waals surface area (Å²) in [6.07, 6.45) is -0.323. The maximum absolute atomic E-state index is 10.7. The van der Waals surface area contributed by atoms with Gasteiger partial charge in [0, 0.05) is 6.42 Å². The number of carbonyl (C=O) groups is 2. The van der Waals surface area contributed by atoms with Crippen molar-refractivity contribution in [2.24, 2.45) is 11.3 Å². The molecule has 0 heterocycles. The van der Waals surface area contributed by atoms with E-state index in [2.05, 4.69) is 0 Å². The van der Waals surface area contributed by atoms with Crippen LogP contribution in [0.3, 0.4) is 0 Å². The molecule has 0 fully saturated rings. The number of carboxylic acid groups (broad SMARTS) is 2. The van der Waals surface area contributed by atoms with Gasteiger partial charge in [0.1, 0.15) is 0 Å². The van der Waals surface area contributed by atoms with Gasteiger partial charge < -0.3 is 10.2 Å². The molecule has 0 aromatic rings. The van der Waals surface area contributed by atoms with E-state index in [0.717, 1.165) is 0 Å². The van der Waals surface area contributed by atoms with Crippen LogP contribution in [0.25, 0.3) is 0 Å². The van der Waals surface area contributed by atoms with Crippen LogP contribution in [0.15, 0.2) is 0 Å². The van der Waals surface area contributed by atoms with Gasteiger partial charge in [-0.15, -0.1) is 0 Å². The molecule has 5 nitrogen and oxygen atoms in total. The largest absolute Gasteiger partial charge is 0.481 e. The molecule has 0 aromatic heterocycles. The SMILES string of the molecule is C[C@@H](CC(=O)O)[C@](C)(C#N)C(=O)O. The minimum atomic E-state index is -1.63. The Morgan fingerprint density at radius 2 is 2.00 bits per heavy atom. The summed E-state index contributed by atoms with van der Waals surface area (Å²) in [5.41, 5.74) is -1.63. The Kier molecular flexibility index (Phi) is 3.43. The van der Waals surface area contributed by atoms with Crippen molar-refractivity contribution in [2.45, 2.75) is 20.3 Å². The second kappa shape index (κ2) is 3.90. The molecule has 0 radical (unpaired) electrons. The Balaban J connectivity index is 4.69. The molecule has 0 aliphatic heterocycles. The van der Waals surface area contributed by atoms with Crippen LogP contribution >= 0.6 is 0 Å². The third kappa shape index (κ3) is 2.44. The normalized spacial score (nSPS) is 16.7. The van der Waals surface area contributed by atoms with Crippen molar-refractivity contribution in [3.63, 3.8) is 0 Å². The van der Waals surface area contributed by atoms with Gasteiger partial charge in [0.25, 0.3) is 0 Å². The zero-order chi connectivity index (χ0) is 10.6. The van der Waals surface area contributed by atoms with Crippen LogP contribution in [-0.4, -0.2) is 22.2 Å². The lowest BCUT2D eigenvalue weighted by atomic mass is 9.78. The van der Waals surface area contributed by atoms with Crippen molar-refractivity contribution >= 4 is 11.9 Å². The Morgan fingerprint density at radius 1 is 1.54 bits per heavy atom. The van der Waals surface area contributed by atoms with Crippen molar-refractivity contribution in [1.82, 2.24) is 0 Å². The number of hydrogen-bond acceptors (Lipinski definition) is 3. The van der Waals surface area contributed by atoms with E-state index in [9.17, 15) is 9.59 Å². The highest BCUT2D eigenvalue weighted by Crippen LogP contribution is 2.29. The van der Waals surface area contributed by atoms with E-state index in [-0.39, 0.29) is 6.42 Å². The first-order valence-corrected chi connectivity index (χ1v) is 3.71. The van der Waals surface area contributed by atoms with Gasteiger partial charge in [-0.05, 0) is 12.8 Å². The van der Waals surface area contributed by atoms with Gasteiger partial charge in [0.05, 0.1) is 6.07 Å². The Hall–Kier alpha value is -1.57. The summed E-state index contributed by atoms with van der Waals surface area (Å²) >= 11 is 0. The lowest BCUT2D eigenvalue weighted by molar-refractivity contribution is -0.148. The van der Waals surface area contributed by atoms with Gasteiger partial charge in [-0.25, -0.2) is 0 Å². The fourth-order valence-electron chi connectivity index (χ4n) is 0.835. The molecule has 0 saturated carbocycles. The standard InChI is InChI=1S/C8H11NO4/c1-5(3-6(10)11)8(2,4-9)7(12)13/h5H,3H2,1-2H3,(H,10,11)(H,12,13)/t5-,8-/m0/s1. The van der Waals surface area contributed by atoms with Gasteiger partial charge >= 0.3 is 11.9 Å². The topological polar surface area (TPSA) is 98.4 Å². The number of rotatable bonds is 4. The Labute approximate surface area is 75.6 Å². The maximum Gasteiger partial charge on any atom is 0.324 e. The van der Waals surface area contributed by atoms with Crippen LogP contribution in [-0.2, 0) is 9.59 Å². The number of carboxylic acids is 2. The Bertz CT molecular complexity index is 268. The van der Waals surface area contributed by atoms with E-state index >= 15 is 0 Å². The monoisotopic (exact) mass is 185 g/mol. The minimum Gasteiger partial charge on any atom is -0.481 e. The van der Waals surface area contributed by atoms with Crippen LogP contribution < -0.4 is 0 Å². The summed E-state index contributed by atoms with van der Waals surface area (Å²) in [7, 11) is 0. The molecule has 0 aliphatic carbocycles. The van der Waals surface area contributed by atoms with Crippen molar-refractivity contribution in [1.29, 1.82) is 5.26 Å². The predicted molar refractivity (Wildman–Crippen MR) is 42.8 cm³/mol. The fraction of sp³-hybridized carbons (Fsp3) is 0.625. The summed E-state index contributed by atoms with van der Waals surface area (Å²) in [5, 5.41) is 25.7. The van der Waals surface area contributed by atoms with Crippen molar-refractivity contribution in [3.05, 3.63) is 0 Å². The predicted octanol–water partition coefficient (Wildman–Crippen LogP) is 0.712. The summed E-state index contributed by atoms with van der Waals surface area (Å²) in [6.45, 7) is 2.66. The first kappa shape index (κ1) is 11.4. The van der Waals surface area contributed by atoms with E-state index in [1.807, 2.05) is 0 Å². The van der Waals surface area contributed by atoms with Crippen molar-refractivity contribution < 1.29 is 19.8 Å². The van der Waals surface area contributed by atoms with Crippen LogP contribution in [0.1, 0.15) is 20.3 Å². The number of hydrogen-bond donors (Lipinski definition) is 2. The molecule has 5 heteroatoms. The first-order valence-electron chi connectivity index (χ1n) is 3.71. The lowest BCUT2D eigenvalue weighted by Gasteiger charge is -2.22. The maximum atomic E-state index is 10.7. The van der Waals surface area contributed by atoms with Gasteiger partial charge in [0.2, 0.25) is 0 Å². The molecule has 0 aliphatic rings. The molecular formula is C8H11NO4. The molecule has 0 saturated heterocycles.